The fourth-order valence-corrected chi connectivity index (χ4v) is 1.96. The summed E-state index contributed by atoms with van der Waals surface area (Å²) in [6.45, 7) is 8.29. The van der Waals surface area contributed by atoms with E-state index in [1.807, 2.05) is 6.08 Å². The van der Waals surface area contributed by atoms with Crippen LogP contribution in [0.4, 0.5) is 0 Å². The number of allylic oxidation sites excluding steroid dienone is 3. The standard InChI is InChI=1S/C15H25N/c1-3-5-6-7-8-9-12-16-13-10-15(4-2)11-14-16/h4,10-11,13H,2-3,5-9,12,14H2,1H3. The second-order valence-electron chi connectivity index (χ2n) is 4.49. The predicted octanol–water partition coefficient (Wildman–Crippen LogP) is 4.29. The molecule has 0 atom stereocenters. The van der Waals surface area contributed by atoms with Gasteiger partial charge >= 0.3 is 0 Å². The van der Waals surface area contributed by atoms with E-state index in [2.05, 4.69) is 36.8 Å². The Morgan fingerprint density at radius 3 is 2.62 bits per heavy atom. The molecule has 0 aliphatic carbocycles. The first-order valence-electron chi connectivity index (χ1n) is 6.61. The average molecular weight is 219 g/mol. The van der Waals surface area contributed by atoms with Crippen LogP contribution in [-0.4, -0.2) is 18.0 Å². The van der Waals surface area contributed by atoms with E-state index in [-0.39, 0.29) is 0 Å². The van der Waals surface area contributed by atoms with Crippen molar-refractivity contribution in [1.82, 2.24) is 4.90 Å². The Morgan fingerprint density at radius 1 is 1.25 bits per heavy atom. The molecule has 1 nitrogen and oxygen atoms in total. The maximum atomic E-state index is 3.78. The van der Waals surface area contributed by atoms with Crippen molar-refractivity contribution in [2.45, 2.75) is 45.4 Å². The minimum absolute atomic E-state index is 1.05. The zero-order valence-electron chi connectivity index (χ0n) is 10.6. The molecular weight excluding hydrogens is 194 g/mol. The molecule has 0 N–H and O–H groups in total. The van der Waals surface area contributed by atoms with E-state index in [4.69, 9.17) is 0 Å². The molecule has 16 heavy (non-hydrogen) atoms. The Balaban J connectivity index is 2.01. The van der Waals surface area contributed by atoms with Crippen molar-refractivity contribution in [1.29, 1.82) is 0 Å². The van der Waals surface area contributed by atoms with Gasteiger partial charge in [0, 0.05) is 13.1 Å². The smallest absolute Gasteiger partial charge is 0.0362 e. The molecule has 0 saturated carbocycles. The molecule has 0 amide bonds. The van der Waals surface area contributed by atoms with Crippen molar-refractivity contribution in [3.63, 3.8) is 0 Å². The van der Waals surface area contributed by atoms with Gasteiger partial charge in [-0.25, -0.2) is 0 Å². The van der Waals surface area contributed by atoms with Gasteiger partial charge in [0.05, 0.1) is 0 Å². The second-order valence-corrected chi connectivity index (χ2v) is 4.49. The monoisotopic (exact) mass is 219 g/mol. The molecule has 0 saturated heterocycles. The van der Waals surface area contributed by atoms with Crippen molar-refractivity contribution >= 4 is 0 Å². The summed E-state index contributed by atoms with van der Waals surface area (Å²) in [5.74, 6) is 0. The van der Waals surface area contributed by atoms with Crippen LogP contribution in [0.25, 0.3) is 0 Å². The van der Waals surface area contributed by atoms with E-state index in [0.717, 1.165) is 6.54 Å². The molecule has 0 aromatic rings. The lowest BCUT2D eigenvalue weighted by Crippen LogP contribution is -2.20. The molecular formula is C15H25N. The lowest BCUT2D eigenvalue weighted by molar-refractivity contribution is 0.391. The van der Waals surface area contributed by atoms with Gasteiger partial charge in [-0.3, -0.25) is 0 Å². The Morgan fingerprint density at radius 2 is 2.00 bits per heavy atom. The fraction of sp³-hybridized carbons (Fsp3) is 0.600. The van der Waals surface area contributed by atoms with Crippen LogP contribution in [0.15, 0.2) is 36.6 Å². The van der Waals surface area contributed by atoms with Gasteiger partial charge in [-0.1, -0.05) is 57.8 Å². The molecule has 0 spiro atoms. The van der Waals surface area contributed by atoms with Gasteiger partial charge in [0.25, 0.3) is 0 Å². The van der Waals surface area contributed by atoms with E-state index in [1.165, 1.54) is 50.6 Å². The highest BCUT2D eigenvalue weighted by atomic mass is 15.1. The summed E-state index contributed by atoms with van der Waals surface area (Å²) in [5, 5.41) is 0. The highest BCUT2D eigenvalue weighted by molar-refractivity contribution is 5.31. The predicted molar refractivity (Wildman–Crippen MR) is 72.4 cm³/mol. The third kappa shape index (κ3) is 5.20. The molecule has 1 aliphatic heterocycles. The van der Waals surface area contributed by atoms with Crippen LogP contribution in [0.2, 0.25) is 0 Å². The number of hydrogen-bond acceptors (Lipinski definition) is 1. The first-order chi connectivity index (χ1) is 7.86. The molecule has 0 bridgehead atoms. The van der Waals surface area contributed by atoms with E-state index < -0.39 is 0 Å². The van der Waals surface area contributed by atoms with Crippen LogP contribution in [0.3, 0.4) is 0 Å². The Kier molecular flexibility index (Phi) is 6.71. The quantitative estimate of drug-likeness (QED) is 0.550. The first kappa shape index (κ1) is 13.1. The zero-order valence-corrected chi connectivity index (χ0v) is 10.6. The van der Waals surface area contributed by atoms with Gasteiger partial charge < -0.3 is 4.90 Å². The van der Waals surface area contributed by atoms with Crippen LogP contribution >= 0.6 is 0 Å². The highest BCUT2D eigenvalue weighted by Gasteiger charge is 2.01. The number of hydrogen-bond donors (Lipinski definition) is 0. The zero-order chi connectivity index (χ0) is 11.6. The molecule has 0 radical (unpaired) electrons. The van der Waals surface area contributed by atoms with Gasteiger partial charge in [-0.15, -0.1) is 0 Å². The molecule has 1 aliphatic rings. The summed E-state index contributed by atoms with van der Waals surface area (Å²) in [4.78, 5) is 2.38. The molecule has 0 aromatic heterocycles. The molecule has 90 valence electrons. The average Bonchev–Trinajstić information content (AvgIpc) is 2.34. The van der Waals surface area contributed by atoms with Gasteiger partial charge in [-0.05, 0) is 24.3 Å². The maximum Gasteiger partial charge on any atom is 0.0362 e. The summed E-state index contributed by atoms with van der Waals surface area (Å²) in [6.07, 6.45) is 16.7. The van der Waals surface area contributed by atoms with Crippen LogP contribution in [-0.2, 0) is 0 Å². The fourth-order valence-electron chi connectivity index (χ4n) is 1.96. The lowest BCUT2D eigenvalue weighted by Gasteiger charge is -2.21. The van der Waals surface area contributed by atoms with Gasteiger partial charge in [0.1, 0.15) is 0 Å². The minimum Gasteiger partial charge on any atom is -0.374 e. The van der Waals surface area contributed by atoms with Gasteiger partial charge in [0.15, 0.2) is 0 Å². The molecule has 1 rings (SSSR count). The van der Waals surface area contributed by atoms with Crippen LogP contribution in [0.5, 0.6) is 0 Å². The second kappa shape index (κ2) is 8.20. The third-order valence-corrected chi connectivity index (χ3v) is 3.07. The van der Waals surface area contributed by atoms with Crippen molar-refractivity contribution < 1.29 is 0 Å². The Bertz CT molecular complexity index is 250. The third-order valence-electron chi connectivity index (χ3n) is 3.07. The summed E-state index contributed by atoms with van der Waals surface area (Å²) in [7, 11) is 0. The minimum atomic E-state index is 1.05. The molecule has 0 fully saturated rings. The summed E-state index contributed by atoms with van der Waals surface area (Å²) in [6, 6.07) is 0. The van der Waals surface area contributed by atoms with Gasteiger partial charge in [-0.2, -0.15) is 0 Å². The summed E-state index contributed by atoms with van der Waals surface area (Å²) in [5.41, 5.74) is 1.25. The molecule has 1 heterocycles. The van der Waals surface area contributed by atoms with Crippen molar-refractivity contribution in [3.05, 3.63) is 36.6 Å². The maximum absolute atomic E-state index is 3.78. The van der Waals surface area contributed by atoms with Crippen molar-refractivity contribution in [2.24, 2.45) is 0 Å². The normalized spacial score (nSPS) is 15.1. The highest BCUT2D eigenvalue weighted by Crippen LogP contribution is 2.10. The molecule has 1 heteroatoms. The first-order valence-corrected chi connectivity index (χ1v) is 6.61. The summed E-state index contributed by atoms with van der Waals surface area (Å²) < 4.78 is 0. The van der Waals surface area contributed by atoms with E-state index in [0.29, 0.717) is 0 Å². The Labute approximate surface area is 101 Å². The van der Waals surface area contributed by atoms with Crippen LogP contribution in [0, 0.1) is 0 Å². The van der Waals surface area contributed by atoms with Crippen molar-refractivity contribution in [3.8, 4) is 0 Å². The number of nitrogens with zero attached hydrogens (tertiary/aromatic N) is 1. The summed E-state index contributed by atoms with van der Waals surface area (Å²) >= 11 is 0. The largest absolute Gasteiger partial charge is 0.374 e. The SMILES string of the molecule is C=CC1=CCN(CCCCCCCC)C=C1. The van der Waals surface area contributed by atoms with E-state index in [1.54, 1.807) is 0 Å². The van der Waals surface area contributed by atoms with Crippen LogP contribution < -0.4 is 0 Å². The van der Waals surface area contributed by atoms with Crippen LogP contribution in [0.1, 0.15) is 45.4 Å². The van der Waals surface area contributed by atoms with Crippen molar-refractivity contribution in [2.75, 3.05) is 13.1 Å². The van der Waals surface area contributed by atoms with E-state index >= 15 is 0 Å². The lowest BCUT2D eigenvalue weighted by atomic mass is 10.1. The van der Waals surface area contributed by atoms with Gasteiger partial charge in [0.2, 0.25) is 0 Å². The molecule has 0 unspecified atom stereocenters. The molecule has 0 aromatic carbocycles. The topological polar surface area (TPSA) is 3.24 Å². The Hall–Kier alpha value is -0.980. The number of rotatable bonds is 8. The number of unbranched alkanes of at least 4 members (excludes halogenated alkanes) is 5. The van der Waals surface area contributed by atoms with E-state index in [9.17, 15) is 0 Å².